The molecule has 2 rings (SSSR count). The Hall–Kier alpha value is -1.20. The lowest BCUT2D eigenvalue weighted by atomic mass is 10.2. The van der Waals surface area contributed by atoms with Crippen molar-refractivity contribution >= 4 is 15.9 Å². The van der Waals surface area contributed by atoms with Gasteiger partial charge in [-0.25, -0.2) is 9.37 Å². The van der Waals surface area contributed by atoms with Gasteiger partial charge in [-0.15, -0.1) is 0 Å². The second kappa shape index (κ2) is 4.76. The van der Waals surface area contributed by atoms with Gasteiger partial charge in [0.1, 0.15) is 5.82 Å². The number of imidazole rings is 1. The van der Waals surface area contributed by atoms with Crippen LogP contribution in [0, 0.1) is 5.82 Å². The molecule has 0 saturated heterocycles. The molecule has 0 unspecified atom stereocenters. The molecule has 0 amide bonds. The molecule has 0 spiro atoms. The van der Waals surface area contributed by atoms with Crippen LogP contribution in [0.2, 0.25) is 0 Å². The first kappa shape index (κ1) is 11.3. The van der Waals surface area contributed by atoms with Crippen molar-refractivity contribution in [2.75, 3.05) is 0 Å². The Morgan fingerprint density at radius 2 is 2.25 bits per heavy atom. The fourth-order valence-electron chi connectivity index (χ4n) is 1.44. The van der Waals surface area contributed by atoms with Gasteiger partial charge >= 0.3 is 0 Å². The van der Waals surface area contributed by atoms with E-state index in [0.29, 0.717) is 13.1 Å². The van der Waals surface area contributed by atoms with Crippen LogP contribution in [0.3, 0.4) is 0 Å². The number of nitrogens with two attached hydrogens (primary N) is 1. The van der Waals surface area contributed by atoms with E-state index < -0.39 is 0 Å². The van der Waals surface area contributed by atoms with Crippen LogP contribution in [-0.4, -0.2) is 9.55 Å². The van der Waals surface area contributed by atoms with E-state index in [1.54, 1.807) is 12.4 Å². The number of hydrogen-bond donors (Lipinski definition) is 1. The summed E-state index contributed by atoms with van der Waals surface area (Å²) in [5.41, 5.74) is 7.32. The number of rotatable bonds is 3. The summed E-state index contributed by atoms with van der Waals surface area (Å²) in [6.07, 6.45) is 3.60. The van der Waals surface area contributed by atoms with Gasteiger partial charge in [0.15, 0.2) is 0 Å². The molecule has 0 atom stereocenters. The van der Waals surface area contributed by atoms with Crippen molar-refractivity contribution in [2.45, 2.75) is 13.1 Å². The fourth-order valence-corrected chi connectivity index (χ4v) is 1.92. The zero-order valence-corrected chi connectivity index (χ0v) is 10.1. The Bertz CT molecular complexity index is 496. The largest absolute Gasteiger partial charge is 0.333 e. The van der Waals surface area contributed by atoms with Crippen LogP contribution in [0.5, 0.6) is 0 Å². The van der Waals surface area contributed by atoms with Crippen LogP contribution in [-0.2, 0) is 13.1 Å². The predicted octanol–water partition coefficient (Wildman–Crippen LogP) is 2.29. The molecule has 0 aliphatic rings. The van der Waals surface area contributed by atoms with Crippen LogP contribution in [0.25, 0.3) is 0 Å². The first-order chi connectivity index (χ1) is 7.69. The Kier molecular flexibility index (Phi) is 3.36. The number of benzene rings is 1. The second-order valence-corrected chi connectivity index (χ2v) is 4.33. The molecule has 2 aromatic rings. The van der Waals surface area contributed by atoms with Crippen LogP contribution in [0.4, 0.5) is 4.39 Å². The summed E-state index contributed by atoms with van der Waals surface area (Å²) in [6.45, 7) is 1.07. The molecular weight excluding hydrogens is 273 g/mol. The maximum atomic E-state index is 12.9. The number of nitrogens with zero attached hydrogens (tertiary/aromatic N) is 2. The lowest BCUT2D eigenvalue weighted by Gasteiger charge is -2.05. The Morgan fingerprint density at radius 3 is 2.88 bits per heavy atom. The lowest BCUT2D eigenvalue weighted by molar-refractivity contribution is 0.625. The monoisotopic (exact) mass is 283 g/mol. The Morgan fingerprint density at radius 1 is 1.44 bits per heavy atom. The SMILES string of the molecule is NCc1cn(Cc2ccc(F)cc2Br)cn1. The van der Waals surface area contributed by atoms with Crippen molar-refractivity contribution in [3.63, 3.8) is 0 Å². The van der Waals surface area contributed by atoms with Crippen LogP contribution in [0.1, 0.15) is 11.3 Å². The molecule has 1 aromatic carbocycles. The minimum Gasteiger partial charge on any atom is -0.333 e. The first-order valence-corrected chi connectivity index (χ1v) is 5.63. The third-order valence-electron chi connectivity index (χ3n) is 2.26. The molecule has 1 aromatic heterocycles. The Balaban J connectivity index is 2.20. The zero-order valence-electron chi connectivity index (χ0n) is 8.53. The lowest BCUT2D eigenvalue weighted by Crippen LogP contribution is -1.99. The predicted molar refractivity (Wildman–Crippen MR) is 63.3 cm³/mol. The highest BCUT2D eigenvalue weighted by Gasteiger charge is 2.03. The normalized spacial score (nSPS) is 10.7. The van der Waals surface area contributed by atoms with E-state index in [-0.39, 0.29) is 5.82 Å². The molecule has 5 heteroatoms. The summed E-state index contributed by atoms with van der Waals surface area (Å²) in [4.78, 5) is 4.13. The standard InChI is InChI=1S/C11H11BrFN3/c12-11-3-9(13)2-1-8(11)5-16-6-10(4-14)15-7-16/h1-3,6-7H,4-5,14H2. The van der Waals surface area contributed by atoms with Gasteiger partial charge in [-0.2, -0.15) is 0 Å². The van der Waals surface area contributed by atoms with E-state index in [1.807, 2.05) is 10.8 Å². The summed E-state index contributed by atoms with van der Waals surface area (Å²) in [7, 11) is 0. The summed E-state index contributed by atoms with van der Waals surface area (Å²) < 4.78 is 15.6. The average Bonchev–Trinajstić information content (AvgIpc) is 2.70. The second-order valence-electron chi connectivity index (χ2n) is 3.48. The van der Waals surface area contributed by atoms with Crippen molar-refractivity contribution in [3.8, 4) is 0 Å². The minimum absolute atomic E-state index is 0.246. The third-order valence-corrected chi connectivity index (χ3v) is 3.00. The van der Waals surface area contributed by atoms with Gasteiger partial charge in [0.25, 0.3) is 0 Å². The minimum atomic E-state index is -0.246. The van der Waals surface area contributed by atoms with E-state index in [4.69, 9.17) is 5.73 Å². The van der Waals surface area contributed by atoms with Crippen LogP contribution < -0.4 is 5.73 Å². The van der Waals surface area contributed by atoms with Gasteiger partial charge < -0.3 is 10.3 Å². The van der Waals surface area contributed by atoms with E-state index in [2.05, 4.69) is 20.9 Å². The molecule has 84 valence electrons. The molecule has 3 nitrogen and oxygen atoms in total. The van der Waals surface area contributed by atoms with Gasteiger partial charge in [0.2, 0.25) is 0 Å². The van der Waals surface area contributed by atoms with Gasteiger partial charge in [0.05, 0.1) is 12.0 Å². The molecule has 0 bridgehead atoms. The summed E-state index contributed by atoms with van der Waals surface area (Å²) in [6, 6.07) is 4.65. The van der Waals surface area contributed by atoms with E-state index >= 15 is 0 Å². The highest BCUT2D eigenvalue weighted by Crippen LogP contribution is 2.19. The number of aromatic nitrogens is 2. The molecule has 2 N–H and O–H groups in total. The molecule has 1 heterocycles. The van der Waals surface area contributed by atoms with Gasteiger partial charge in [-0.3, -0.25) is 0 Å². The van der Waals surface area contributed by atoms with Gasteiger partial charge in [-0.05, 0) is 17.7 Å². The maximum Gasteiger partial charge on any atom is 0.124 e. The van der Waals surface area contributed by atoms with Crippen molar-refractivity contribution in [1.29, 1.82) is 0 Å². The molecule has 0 fully saturated rings. The van der Waals surface area contributed by atoms with E-state index in [0.717, 1.165) is 15.7 Å². The summed E-state index contributed by atoms with van der Waals surface area (Å²) >= 11 is 3.33. The van der Waals surface area contributed by atoms with Crippen molar-refractivity contribution in [2.24, 2.45) is 5.73 Å². The molecular formula is C11H11BrFN3. The maximum absolute atomic E-state index is 12.9. The summed E-state index contributed by atoms with van der Waals surface area (Å²) in [5.74, 6) is -0.246. The highest BCUT2D eigenvalue weighted by molar-refractivity contribution is 9.10. The van der Waals surface area contributed by atoms with E-state index in [1.165, 1.54) is 12.1 Å². The molecule has 0 aliphatic carbocycles. The number of halogens is 2. The fraction of sp³-hybridized carbons (Fsp3) is 0.182. The summed E-state index contributed by atoms with van der Waals surface area (Å²) in [5, 5.41) is 0. The molecule has 0 saturated carbocycles. The number of hydrogen-bond acceptors (Lipinski definition) is 2. The van der Waals surface area contributed by atoms with Crippen LogP contribution >= 0.6 is 15.9 Å². The molecule has 0 aliphatic heterocycles. The van der Waals surface area contributed by atoms with Crippen molar-refractivity contribution < 1.29 is 4.39 Å². The first-order valence-electron chi connectivity index (χ1n) is 4.83. The van der Waals surface area contributed by atoms with Crippen LogP contribution in [0.15, 0.2) is 35.2 Å². The quantitative estimate of drug-likeness (QED) is 0.939. The zero-order chi connectivity index (χ0) is 11.5. The average molecular weight is 284 g/mol. The van der Waals surface area contributed by atoms with Crippen molar-refractivity contribution in [1.82, 2.24) is 9.55 Å². The van der Waals surface area contributed by atoms with Crippen molar-refractivity contribution in [3.05, 3.63) is 52.3 Å². The van der Waals surface area contributed by atoms with E-state index in [9.17, 15) is 4.39 Å². The third kappa shape index (κ3) is 2.48. The van der Waals surface area contributed by atoms with Gasteiger partial charge in [-0.1, -0.05) is 22.0 Å². The topological polar surface area (TPSA) is 43.8 Å². The Labute approximate surface area is 101 Å². The smallest absolute Gasteiger partial charge is 0.124 e. The van der Waals surface area contributed by atoms with Gasteiger partial charge in [0, 0.05) is 23.8 Å². The molecule has 16 heavy (non-hydrogen) atoms. The highest BCUT2D eigenvalue weighted by atomic mass is 79.9. The molecule has 0 radical (unpaired) electrons.